The summed E-state index contributed by atoms with van der Waals surface area (Å²) in [7, 11) is 1.79. The molecule has 1 aromatic heterocycles. The highest BCUT2D eigenvalue weighted by molar-refractivity contribution is 5.92. The first-order chi connectivity index (χ1) is 8.82. The molecule has 5 nitrogen and oxygen atoms in total. The topological polar surface area (TPSA) is 67.2 Å². The predicted octanol–water partition coefficient (Wildman–Crippen LogP) is 0.792. The Balaban J connectivity index is 2.59. The number of nitrogens with one attached hydrogen (secondary N) is 1. The van der Waals surface area contributed by atoms with E-state index in [1.807, 2.05) is 13.8 Å². The van der Waals surface area contributed by atoms with E-state index in [1.165, 1.54) is 6.08 Å². The van der Waals surface area contributed by atoms with E-state index in [0.717, 1.165) is 17.0 Å². The van der Waals surface area contributed by atoms with E-state index in [1.54, 1.807) is 17.8 Å². The summed E-state index contributed by atoms with van der Waals surface area (Å²) in [5.41, 5.74) is 2.48. The molecule has 1 atom stereocenters. The van der Waals surface area contributed by atoms with Crippen molar-refractivity contribution in [2.45, 2.75) is 26.4 Å². The molecule has 0 fully saturated rings. The van der Waals surface area contributed by atoms with Gasteiger partial charge in [-0.05, 0) is 19.9 Å². The van der Waals surface area contributed by atoms with Gasteiger partial charge in [0, 0.05) is 30.9 Å². The number of aliphatic hydroxyl groups is 1. The van der Waals surface area contributed by atoms with E-state index < -0.39 is 25.0 Å². The second-order valence-corrected chi connectivity index (χ2v) is 4.19. The maximum absolute atomic E-state index is 12.0. The summed E-state index contributed by atoms with van der Waals surface area (Å²) in [5, 5.41) is 15.2. The minimum Gasteiger partial charge on any atom is -0.385 e. The number of hydrogen-bond acceptors (Lipinski definition) is 3. The number of amides is 1. The number of carbonyl (C=O) groups is 1. The number of hydrogen-bond donors (Lipinski definition) is 2. The van der Waals surface area contributed by atoms with Crippen LogP contribution < -0.4 is 5.32 Å². The van der Waals surface area contributed by atoms with Crippen LogP contribution >= 0.6 is 0 Å². The summed E-state index contributed by atoms with van der Waals surface area (Å²) in [5.74, 6) is -0.539. The molecule has 0 radical (unpaired) electrons. The molecule has 1 amide bonds. The summed E-state index contributed by atoms with van der Waals surface area (Å²) in [6, 6.07) is 0. The van der Waals surface area contributed by atoms with E-state index in [4.69, 9.17) is 5.11 Å². The molecule has 106 valence electrons. The molecule has 1 unspecified atom stereocenters. The van der Waals surface area contributed by atoms with Crippen molar-refractivity contribution in [3.05, 3.63) is 23.0 Å². The second-order valence-electron chi connectivity index (χ2n) is 4.19. The predicted molar refractivity (Wildman–Crippen MR) is 66.7 cm³/mol. The zero-order chi connectivity index (χ0) is 14.6. The molecule has 19 heavy (non-hydrogen) atoms. The SMILES string of the molecule is Cc1nn(C)c(C)c1/C=C/C(=O)NCC(O)C(F)F. The molecule has 2 N–H and O–H groups in total. The average Bonchev–Trinajstić information content (AvgIpc) is 2.58. The lowest BCUT2D eigenvalue weighted by molar-refractivity contribution is -0.117. The van der Waals surface area contributed by atoms with Gasteiger partial charge >= 0.3 is 0 Å². The Labute approximate surface area is 109 Å². The number of aryl methyl sites for hydroxylation is 2. The smallest absolute Gasteiger partial charge is 0.265 e. The van der Waals surface area contributed by atoms with Gasteiger partial charge in [0.15, 0.2) is 0 Å². The number of alkyl halides is 2. The number of halogens is 2. The number of aliphatic hydroxyl groups excluding tert-OH is 1. The highest BCUT2D eigenvalue weighted by Crippen LogP contribution is 2.13. The van der Waals surface area contributed by atoms with Crippen LogP contribution in [0.15, 0.2) is 6.08 Å². The lowest BCUT2D eigenvalue weighted by Gasteiger charge is -2.08. The molecule has 0 aliphatic carbocycles. The maximum atomic E-state index is 12.0. The largest absolute Gasteiger partial charge is 0.385 e. The molecular formula is C12H17F2N3O2. The zero-order valence-corrected chi connectivity index (χ0v) is 11.0. The van der Waals surface area contributed by atoms with Crippen LogP contribution in [0.25, 0.3) is 6.08 Å². The van der Waals surface area contributed by atoms with Gasteiger partial charge in [0.1, 0.15) is 6.10 Å². The van der Waals surface area contributed by atoms with E-state index in [9.17, 15) is 13.6 Å². The number of aromatic nitrogens is 2. The lowest BCUT2D eigenvalue weighted by Crippen LogP contribution is -2.34. The fourth-order valence-corrected chi connectivity index (χ4v) is 1.54. The van der Waals surface area contributed by atoms with Crippen molar-refractivity contribution in [1.82, 2.24) is 15.1 Å². The summed E-state index contributed by atoms with van der Waals surface area (Å²) < 4.78 is 25.7. The zero-order valence-electron chi connectivity index (χ0n) is 11.0. The third-order valence-electron chi connectivity index (χ3n) is 2.74. The van der Waals surface area contributed by atoms with Crippen molar-refractivity contribution >= 4 is 12.0 Å². The molecule has 0 saturated carbocycles. The van der Waals surface area contributed by atoms with Gasteiger partial charge in [-0.3, -0.25) is 9.48 Å². The van der Waals surface area contributed by atoms with Crippen molar-refractivity contribution < 1.29 is 18.7 Å². The van der Waals surface area contributed by atoms with Gasteiger partial charge in [0.25, 0.3) is 6.43 Å². The van der Waals surface area contributed by atoms with Crippen molar-refractivity contribution in [3.63, 3.8) is 0 Å². The van der Waals surface area contributed by atoms with Crippen molar-refractivity contribution in [2.75, 3.05) is 6.54 Å². The highest BCUT2D eigenvalue weighted by Gasteiger charge is 2.16. The molecule has 7 heteroatoms. The monoisotopic (exact) mass is 273 g/mol. The van der Waals surface area contributed by atoms with E-state index >= 15 is 0 Å². The van der Waals surface area contributed by atoms with Crippen LogP contribution in [-0.4, -0.2) is 39.9 Å². The quantitative estimate of drug-likeness (QED) is 0.780. The Bertz CT molecular complexity index is 484. The lowest BCUT2D eigenvalue weighted by atomic mass is 10.2. The normalized spacial score (nSPS) is 13.2. The van der Waals surface area contributed by atoms with Gasteiger partial charge in [0.2, 0.25) is 5.91 Å². The minimum atomic E-state index is -2.87. The van der Waals surface area contributed by atoms with Crippen LogP contribution in [0.2, 0.25) is 0 Å². The van der Waals surface area contributed by atoms with E-state index in [0.29, 0.717) is 0 Å². The molecule has 1 heterocycles. The third kappa shape index (κ3) is 4.13. The Kier molecular flexibility index (Phi) is 5.17. The molecule has 0 aliphatic heterocycles. The number of rotatable bonds is 5. The van der Waals surface area contributed by atoms with Crippen LogP contribution in [0.3, 0.4) is 0 Å². The Morgan fingerprint density at radius 2 is 2.16 bits per heavy atom. The second kappa shape index (κ2) is 6.42. The van der Waals surface area contributed by atoms with Crippen molar-refractivity contribution in [3.8, 4) is 0 Å². The van der Waals surface area contributed by atoms with E-state index in [-0.39, 0.29) is 0 Å². The first-order valence-corrected chi connectivity index (χ1v) is 5.75. The first-order valence-electron chi connectivity index (χ1n) is 5.75. The highest BCUT2D eigenvalue weighted by atomic mass is 19.3. The molecule has 0 bridgehead atoms. The summed E-state index contributed by atoms with van der Waals surface area (Å²) in [6.45, 7) is 3.19. The van der Waals surface area contributed by atoms with Gasteiger partial charge < -0.3 is 10.4 Å². The van der Waals surface area contributed by atoms with Gasteiger partial charge in [0.05, 0.1) is 5.69 Å². The molecule has 0 spiro atoms. The summed E-state index contributed by atoms with van der Waals surface area (Å²) >= 11 is 0. The fourth-order valence-electron chi connectivity index (χ4n) is 1.54. The Morgan fingerprint density at radius 3 is 2.63 bits per heavy atom. The maximum Gasteiger partial charge on any atom is 0.265 e. The summed E-state index contributed by atoms with van der Waals surface area (Å²) in [6.07, 6.45) is -1.91. The first kappa shape index (κ1) is 15.3. The summed E-state index contributed by atoms with van der Waals surface area (Å²) in [4.78, 5) is 11.4. The molecular weight excluding hydrogens is 256 g/mol. The fraction of sp³-hybridized carbons (Fsp3) is 0.500. The van der Waals surface area contributed by atoms with Crippen LogP contribution in [0.5, 0.6) is 0 Å². The van der Waals surface area contributed by atoms with Gasteiger partial charge in [-0.15, -0.1) is 0 Å². The van der Waals surface area contributed by atoms with E-state index in [2.05, 4.69) is 10.4 Å². The molecule has 0 aromatic carbocycles. The minimum absolute atomic E-state index is 0.480. The Morgan fingerprint density at radius 1 is 1.53 bits per heavy atom. The molecule has 1 rings (SSSR count). The van der Waals surface area contributed by atoms with Crippen molar-refractivity contribution in [1.29, 1.82) is 0 Å². The number of carbonyl (C=O) groups excluding carboxylic acids is 1. The molecule has 0 aliphatic rings. The average molecular weight is 273 g/mol. The van der Waals surface area contributed by atoms with Crippen LogP contribution in [0.1, 0.15) is 17.0 Å². The van der Waals surface area contributed by atoms with Crippen LogP contribution in [-0.2, 0) is 11.8 Å². The Hall–Kier alpha value is -1.76. The van der Waals surface area contributed by atoms with Gasteiger partial charge in [-0.1, -0.05) is 0 Å². The standard InChI is InChI=1S/C12H17F2N3O2/c1-7-9(8(2)17(3)16-7)4-5-11(19)15-6-10(18)12(13)14/h4-5,10,12,18H,6H2,1-3H3,(H,15,19)/b5-4+. The van der Waals surface area contributed by atoms with Crippen LogP contribution in [0, 0.1) is 13.8 Å². The molecule has 0 saturated heterocycles. The van der Waals surface area contributed by atoms with Crippen LogP contribution in [0.4, 0.5) is 8.78 Å². The third-order valence-corrected chi connectivity index (χ3v) is 2.74. The van der Waals surface area contributed by atoms with Crippen molar-refractivity contribution in [2.24, 2.45) is 7.05 Å². The van der Waals surface area contributed by atoms with Gasteiger partial charge in [-0.25, -0.2) is 8.78 Å². The van der Waals surface area contributed by atoms with Gasteiger partial charge in [-0.2, -0.15) is 5.10 Å². The molecule has 1 aromatic rings. The number of nitrogens with zero attached hydrogens (tertiary/aromatic N) is 2.